The SMILES string of the molecule is CCC(=O)NC[C@H]1CN(c2ccc(N3CCOCC3)c(F)c2)C(=O)O1.CCC(=S)NC[C@H]1CN(c2ccc(N3CCOCC3)c(F)c2)C(=O)O1.COc1ccc(P2(=S)SP(=S)(c3ccc(OC)cc3)S2)cc1. The van der Waals surface area contributed by atoms with Gasteiger partial charge >= 0.3 is 12.2 Å². The van der Waals surface area contributed by atoms with E-state index in [1.165, 1.54) is 32.5 Å². The Hall–Kier alpha value is -4.24. The summed E-state index contributed by atoms with van der Waals surface area (Å²) in [6, 6.07) is 25.8. The minimum Gasteiger partial charge on any atom is -0.497 e. The van der Waals surface area contributed by atoms with Crippen molar-refractivity contribution in [2.24, 2.45) is 0 Å². The fraction of sp³-hybridized carbons (Fsp3) is 0.417. The molecule has 5 heterocycles. The highest BCUT2D eigenvalue weighted by Crippen LogP contribution is 3.04. The third kappa shape index (κ3) is 14.1. The molecule has 72 heavy (non-hydrogen) atoms. The van der Waals surface area contributed by atoms with Crippen molar-refractivity contribution >= 4 is 123 Å². The van der Waals surface area contributed by atoms with E-state index in [1.807, 2.05) is 63.0 Å². The lowest BCUT2D eigenvalue weighted by Gasteiger charge is -2.40. The van der Waals surface area contributed by atoms with Crippen LogP contribution in [-0.2, 0) is 47.4 Å². The molecule has 5 aliphatic heterocycles. The zero-order valence-corrected chi connectivity index (χ0v) is 46.2. The summed E-state index contributed by atoms with van der Waals surface area (Å²) in [5.74, 6) is 0.886. The van der Waals surface area contributed by atoms with Crippen molar-refractivity contribution in [1.29, 1.82) is 0 Å². The fourth-order valence-electron chi connectivity index (χ4n) is 7.84. The van der Waals surface area contributed by atoms with E-state index in [2.05, 4.69) is 34.9 Å². The summed E-state index contributed by atoms with van der Waals surface area (Å²) in [6.07, 6.45) is -0.627. The number of carbonyl (C=O) groups excluding carboxylic acids is 3. The number of ether oxygens (including phenoxy) is 6. The molecule has 0 radical (unpaired) electrons. The van der Waals surface area contributed by atoms with Crippen LogP contribution >= 0.6 is 43.1 Å². The molecule has 24 heteroatoms. The summed E-state index contributed by atoms with van der Waals surface area (Å²) >= 11 is 20.6. The number of nitrogens with one attached hydrogen (secondary N) is 2. The van der Waals surface area contributed by atoms with Gasteiger partial charge in [0, 0.05) is 43.2 Å². The molecule has 4 aromatic carbocycles. The van der Waals surface area contributed by atoms with Crippen LogP contribution in [-0.4, -0.2) is 128 Å². The number of nitrogens with zero attached hydrogens (tertiary/aromatic N) is 4. The Bertz CT molecular complexity index is 2460. The van der Waals surface area contributed by atoms with Crippen LogP contribution in [0.3, 0.4) is 0 Å². The van der Waals surface area contributed by atoms with Crippen molar-refractivity contribution in [3.63, 3.8) is 0 Å². The van der Waals surface area contributed by atoms with Gasteiger partial charge in [-0.1, -0.05) is 71.7 Å². The minimum atomic E-state index is -1.66. The third-order valence-electron chi connectivity index (χ3n) is 11.8. The minimum absolute atomic E-state index is 0.101. The predicted molar refractivity (Wildman–Crippen MR) is 297 cm³/mol. The van der Waals surface area contributed by atoms with Crippen LogP contribution in [0.2, 0.25) is 0 Å². The number of cyclic esters (lactones) is 2. The molecular weight excluding hydrogens is 1060 g/mol. The number of hydrogen-bond donors (Lipinski definition) is 2. The number of rotatable bonds is 14. The number of thiocarbonyl (C=S) groups is 1. The maximum Gasteiger partial charge on any atom is 0.414 e. The Morgan fingerprint density at radius 1 is 0.653 bits per heavy atom. The molecule has 3 amide bonds. The third-order valence-corrected chi connectivity index (χ3v) is 43.5. The van der Waals surface area contributed by atoms with Crippen molar-refractivity contribution in [1.82, 2.24) is 10.6 Å². The zero-order chi connectivity index (χ0) is 51.4. The first-order valence-corrected chi connectivity index (χ1v) is 33.4. The summed E-state index contributed by atoms with van der Waals surface area (Å²) < 4.78 is 57.2. The highest BCUT2D eigenvalue weighted by molar-refractivity contribution is 9.48. The largest absolute Gasteiger partial charge is 0.497 e. The normalized spacial score (nSPS) is 22.5. The van der Waals surface area contributed by atoms with Crippen LogP contribution in [0, 0.1) is 11.6 Å². The van der Waals surface area contributed by atoms with Gasteiger partial charge in [-0.2, -0.15) is 0 Å². The van der Waals surface area contributed by atoms with Crippen molar-refractivity contribution < 1.29 is 51.6 Å². The molecule has 0 bridgehead atoms. The lowest BCUT2D eigenvalue weighted by atomic mass is 10.2. The second kappa shape index (κ2) is 25.8. The maximum absolute atomic E-state index is 14.5. The first kappa shape index (κ1) is 55.5. The molecule has 0 spiro atoms. The quantitative estimate of drug-likeness (QED) is 0.0918. The smallest absolute Gasteiger partial charge is 0.414 e. The van der Waals surface area contributed by atoms with Gasteiger partial charge in [0.05, 0.1) is 103 Å². The summed E-state index contributed by atoms with van der Waals surface area (Å²) in [6.45, 7) is 10.0. The first-order chi connectivity index (χ1) is 34.6. The molecule has 0 aliphatic carbocycles. The number of carbonyl (C=O) groups is 3. The van der Waals surface area contributed by atoms with Crippen molar-refractivity contribution in [3.8, 4) is 11.5 Å². The molecule has 388 valence electrons. The topological polar surface area (TPSA) is 144 Å². The van der Waals surface area contributed by atoms with Gasteiger partial charge in [-0.15, -0.1) is 0 Å². The monoisotopic (exact) mass is 1120 g/mol. The van der Waals surface area contributed by atoms with E-state index < -0.39 is 27.2 Å². The van der Waals surface area contributed by atoms with E-state index in [0.717, 1.165) is 22.9 Å². The highest BCUT2D eigenvalue weighted by Gasteiger charge is 2.46. The highest BCUT2D eigenvalue weighted by atomic mass is 33.7. The van der Waals surface area contributed by atoms with Crippen molar-refractivity contribution in [3.05, 3.63) is 96.6 Å². The Morgan fingerprint density at radius 3 is 1.42 bits per heavy atom. The molecule has 2 N–H and O–H groups in total. The average molecular weight is 1120 g/mol. The molecule has 0 aromatic heterocycles. The molecule has 0 unspecified atom stereocenters. The van der Waals surface area contributed by atoms with Crippen LogP contribution in [0.1, 0.15) is 26.7 Å². The van der Waals surface area contributed by atoms with Gasteiger partial charge in [0.25, 0.3) is 0 Å². The molecule has 5 fully saturated rings. The van der Waals surface area contributed by atoms with Crippen molar-refractivity contribution in [2.45, 2.75) is 38.9 Å². The van der Waals surface area contributed by atoms with Gasteiger partial charge in [-0.25, -0.2) is 18.4 Å². The maximum atomic E-state index is 14.5. The van der Waals surface area contributed by atoms with E-state index in [1.54, 1.807) is 45.4 Å². The van der Waals surface area contributed by atoms with Gasteiger partial charge < -0.3 is 48.9 Å². The Balaban J connectivity index is 0.000000159. The summed E-state index contributed by atoms with van der Waals surface area (Å²) in [5.41, 5.74) is 1.99. The fourth-order valence-corrected chi connectivity index (χ4v) is 50.2. The van der Waals surface area contributed by atoms with Gasteiger partial charge in [-0.3, -0.25) is 14.6 Å². The number of benzene rings is 4. The molecule has 2 atom stereocenters. The number of anilines is 4. The standard InChI is InChI=1S/C17H22FN3O4.C17H22FN3O3S.C14H14O2P2S4/c1-2-16(22)19-10-13-11-21(17(23)25-13)12-3-4-15(14(18)9-12)20-5-7-24-8-6-20;1-2-16(25)19-10-13-11-21(17(22)24-13)12-3-4-15(14(18)9-12)20-5-7-23-8-6-20;1-15-11-3-7-13(8-4-11)17(19)21-18(20,22-17)14-9-5-12(16-2)6-10-14/h3-4,9,13H,2,5-8,10-11H2,1H3,(H,19,22);3-4,9,13H,2,5-8,10-11H2,1H3,(H,19,25);3-10H,1-2H3/t2*13-;/m00./s1. The van der Waals surface area contributed by atoms with Gasteiger partial charge in [-0.05, 0) is 91.3 Å². The van der Waals surface area contributed by atoms with E-state index in [0.29, 0.717) is 94.9 Å². The summed E-state index contributed by atoms with van der Waals surface area (Å²) in [5, 5.41) is 8.19. The second-order valence-electron chi connectivity index (χ2n) is 16.6. The van der Waals surface area contributed by atoms with E-state index in [4.69, 9.17) is 64.3 Å². The Morgan fingerprint density at radius 2 is 1.06 bits per heavy atom. The van der Waals surface area contributed by atoms with E-state index in [-0.39, 0.29) is 36.7 Å². The van der Waals surface area contributed by atoms with Crippen LogP contribution in [0.25, 0.3) is 0 Å². The van der Waals surface area contributed by atoms with Gasteiger partial charge in [0.15, 0.2) is 0 Å². The molecular formula is C48H58F2N6O9P2S5. The summed E-state index contributed by atoms with van der Waals surface area (Å²) in [7, 11) is 3.34. The number of hydrogen-bond acceptors (Lipinski definition) is 16. The zero-order valence-electron chi connectivity index (χ0n) is 40.3. The molecule has 5 aliphatic rings. The Labute approximate surface area is 442 Å². The molecule has 4 aromatic rings. The van der Waals surface area contributed by atoms with Crippen LogP contribution in [0.15, 0.2) is 84.9 Å². The molecule has 5 saturated heterocycles. The molecule has 15 nitrogen and oxygen atoms in total. The number of halogens is 2. The van der Waals surface area contributed by atoms with Crippen LogP contribution in [0.5, 0.6) is 11.5 Å². The van der Waals surface area contributed by atoms with Crippen LogP contribution < -0.4 is 50.3 Å². The number of morpholine rings is 2. The second-order valence-corrected chi connectivity index (χ2v) is 38.4. The lowest BCUT2D eigenvalue weighted by molar-refractivity contribution is -0.121. The summed E-state index contributed by atoms with van der Waals surface area (Å²) in [4.78, 5) is 42.9. The predicted octanol–water partition coefficient (Wildman–Crippen LogP) is 8.58. The number of methoxy groups -OCH3 is 2. The van der Waals surface area contributed by atoms with Gasteiger partial charge in [0.2, 0.25) is 5.91 Å². The van der Waals surface area contributed by atoms with E-state index in [9.17, 15) is 23.2 Å². The number of amides is 3. The van der Waals surface area contributed by atoms with Gasteiger partial charge in [0.1, 0.15) is 35.3 Å². The van der Waals surface area contributed by atoms with Crippen LogP contribution in [0.4, 0.5) is 41.1 Å². The average Bonchev–Trinajstić information content (AvgIpc) is 3.98. The van der Waals surface area contributed by atoms with E-state index >= 15 is 0 Å². The lowest BCUT2D eigenvalue weighted by Crippen LogP contribution is -2.36. The molecule has 0 saturated carbocycles. The molecule has 9 rings (SSSR count). The first-order valence-electron chi connectivity index (χ1n) is 23.3. The van der Waals surface area contributed by atoms with Crippen molar-refractivity contribution in [2.75, 3.05) is 113 Å². The Kier molecular flexibility index (Phi) is 19.9.